The van der Waals surface area contributed by atoms with Gasteiger partial charge in [-0.3, -0.25) is 27.7 Å². The number of rotatable bonds is 20. The van der Waals surface area contributed by atoms with Crippen LogP contribution in [0, 0.1) is 0 Å². The van der Waals surface area contributed by atoms with Crippen molar-refractivity contribution in [3.05, 3.63) is 12.2 Å². The maximum absolute atomic E-state index is 12.7. The number of hydrogen-bond acceptors (Lipinski definition) is 14. The zero-order valence-corrected chi connectivity index (χ0v) is 26.7. The van der Waals surface area contributed by atoms with Crippen molar-refractivity contribution in [3.63, 3.8) is 0 Å². The summed E-state index contributed by atoms with van der Waals surface area (Å²) in [6.45, 7) is 2.21. The molecular weight excluding hydrogens is 661 g/mol. The Kier molecular flexibility index (Phi) is 17.6. The van der Waals surface area contributed by atoms with Crippen LogP contribution in [0.2, 0.25) is 0 Å². The minimum absolute atomic E-state index is 0.0598. The molecule has 8 N–H and O–H groups in total. The van der Waals surface area contributed by atoms with Gasteiger partial charge in [0.15, 0.2) is 6.10 Å². The first-order chi connectivity index (χ1) is 20.3. The molecule has 0 saturated heterocycles. The molecule has 0 amide bonds. The summed E-state index contributed by atoms with van der Waals surface area (Å²) >= 11 is 0. The number of unbranched alkanes of at least 4 members (excludes halogenated alkanes) is 3. The van der Waals surface area contributed by atoms with Gasteiger partial charge in [-0.25, -0.2) is 13.7 Å². The number of carbonyl (C=O) groups excluding carboxylic acids is 2. The van der Waals surface area contributed by atoms with E-state index in [9.17, 15) is 43.5 Å². The van der Waals surface area contributed by atoms with Crippen molar-refractivity contribution in [2.45, 2.75) is 102 Å². The third-order valence-corrected chi connectivity index (χ3v) is 7.94. The van der Waals surface area contributed by atoms with E-state index >= 15 is 0 Å². The maximum atomic E-state index is 12.7. The average molecular weight is 702 g/mol. The lowest BCUT2D eigenvalue weighted by Crippen LogP contribution is -2.65. The number of phosphoric ester groups is 3. The molecular formula is C22H41O19P3. The molecule has 1 unspecified atom stereocenters. The van der Waals surface area contributed by atoms with Crippen molar-refractivity contribution in [2.75, 3.05) is 13.2 Å². The molecule has 22 heteroatoms. The predicted molar refractivity (Wildman–Crippen MR) is 146 cm³/mol. The lowest BCUT2D eigenvalue weighted by atomic mass is 9.85. The van der Waals surface area contributed by atoms with Crippen LogP contribution in [0.1, 0.15) is 58.8 Å². The van der Waals surface area contributed by atoms with Gasteiger partial charge in [0.25, 0.3) is 0 Å². The lowest BCUT2D eigenvalue weighted by molar-refractivity contribution is -0.213. The second kappa shape index (κ2) is 18.9. The van der Waals surface area contributed by atoms with Gasteiger partial charge in [0.2, 0.25) is 0 Å². The summed E-state index contributed by atoms with van der Waals surface area (Å²) in [4.78, 5) is 71.0. The van der Waals surface area contributed by atoms with Crippen LogP contribution in [0.4, 0.5) is 0 Å². The Morgan fingerprint density at radius 3 is 1.84 bits per heavy atom. The van der Waals surface area contributed by atoms with Gasteiger partial charge in [0.05, 0.1) is 6.61 Å². The average Bonchev–Trinajstić information content (AvgIpc) is 2.90. The van der Waals surface area contributed by atoms with Gasteiger partial charge in [-0.2, -0.15) is 0 Å². The first-order valence-electron chi connectivity index (χ1n) is 13.4. The van der Waals surface area contributed by atoms with Crippen LogP contribution in [-0.4, -0.2) is 108 Å². The highest BCUT2D eigenvalue weighted by Crippen LogP contribution is 2.51. The summed E-state index contributed by atoms with van der Waals surface area (Å²) in [6.07, 6.45) is -9.67. The fourth-order valence-electron chi connectivity index (χ4n) is 3.88. The Morgan fingerprint density at radius 2 is 1.30 bits per heavy atom. The standard InChI is InChI=1S/C22H41O19P3/c1-3-5-7-9-11-16(24)38-14(12-36-15(23)10-8-6-4-2)13-37-44(34,35)41-20-17(25)18(26)21(39-42(28,29)30)22(19(20)27)40-43(31,32)33/h3,5,14,17-22,25-27H,4,6-13H2,1-2H3,(H,34,35)(H2,28,29,30)(H2,31,32,33)/b5-3+/t14-,17-,18+,19+,20-,21-,22-/m1/s1. The van der Waals surface area contributed by atoms with Gasteiger partial charge in [-0.05, 0) is 26.2 Å². The van der Waals surface area contributed by atoms with Crippen LogP contribution in [0.3, 0.4) is 0 Å². The van der Waals surface area contributed by atoms with Crippen LogP contribution < -0.4 is 0 Å². The largest absolute Gasteiger partial charge is 0.472 e. The molecule has 0 radical (unpaired) electrons. The normalized spacial score (nSPS) is 26.7. The molecule has 19 nitrogen and oxygen atoms in total. The quantitative estimate of drug-likeness (QED) is 0.0367. The van der Waals surface area contributed by atoms with Crippen LogP contribution in [0.15, 0.2) is 12.2 Å². The number of carbonyl (C=O) groups is 2. The molecule has 258 valence electrons. The zero-order chi connectivity index (χ0) is 33.7. The molecule has 0 heterocycles. The molecule has 1 saturated carbocycles. The minimum Gasteiger partial charge on any atom is -0.462 e. The van der Waals surface area contributed by atoms with Gasteiger partial charge in [-0.15, -0.1) is 0 Å². The molecule has 0 bridgehead atoms. The van der Waals surface area contributed by atoms with E-state index in [1.807, 2.05) is 13.0 Å². The van der Waals surface area contributed by atoms with Crippen LogP contribution in [0.5, 0.6) is 0 Å². The number of esters is 2. The Labute approximate surface area is 253 Å². The van der Waals surface area contributed by atoms with Crippen molar-refractivity contribution in [2.24, 2.45) is 0 Å². The van der Waals surface area contributed by atoms with E-state index in [-0.39, 0.29) is 12.8 Å². The topological polar surface area (TPSA) is 303 Å². The summed E-state index contributed by atoms with van der Waals surface area (Å²) < 4.78 is 63.7. The van der Waals surface area contributed by atoms with E-state index < -0.39 is 91.3 Å². The lowest BCUT2D eigenvalue weighted by Gasteiger charge is -2.44. The monoisotopic (exact) mass is 702 g/mol. The highest BCUT2D eigenvalue weighted by atomic mass is 31.2. The van der Waals surface area contributed by atoms with Crippen molar-refractivity contribution in [1.82, 2.24) is 0 Å². The summed E-state index contributed by atoms with van der Waals surface area (Å²) in [7, 11) is -16.5. The molecule has 8 atom stereocenters. The number of ether oxygens (including phenoxy) is 2. The second-order valence-corrected chi connectivity index (χ2v) is 13.4. The Morgan fingerprint density at radius 1 is 0.750 bits per heavy atom. The van der Waals surface area contributed by atoms with Gasteiger partial charge in [0.1, 0.15) is 43.2 Å². The zero-order valence-electron chi connectivity index (χ0n) is 24.0. The maximum Gasteiger partial charge on any atom is 0.472 e. The molecule has 0 aromatic rings. The molecule has 1 fully saturated rings. The Balaban J connectivity index is 3.04. The Bertz CT molecular complexity index is 1070. The van der Waals surface area contributed by atoms with E-state index in [4.69, 9.17) is 38.1 Å². The summed E-state index contributed by atoms with van der Waals surface area (Å²) in [5, 5.41) is 31.2. The number of aliphatic hydroxyl groups excluding tert-OH is 3. The molecule has 0 aromatic carbocycles. The number of allylic oxidation sites excluding steroid dienone is 2. The second-order valence-electron chi connectivity index (χ2n) is 9.64. The van der Waals surface area contributed by atoms with E-state index in [0.717, 1.165) is 12.8 Å². The molecule has 0 aliphatic heterocycles. The van der Waals surface area contributed by atoms with Crippen LogP contribution >= 0.6 is 23.5 Å². The minimum atomic E-state index is -5.57. The summed E-state index contributed by atoms with van der Waals surface area (Å²) in [6, 6.07) is 0. The van der Waals surface area contributed by atoms with E-state index in [1.54, 1.807) is 13.0 Å². The molecule has 1 aliphatic carbocycles. The van der Waals surface area contributed by atoms with Gasteiger partial charge in [0, 0.05) is 12.8 Å². The third kappa shape index (κ3) is 15.9. The predicted octanol–water partition coefficient (Wildman–Crippen LogP) is 0.322. The molecule has 1 aliphatic rings. The highest BCUT2D eigenvalue weighted by Gasteiger charge is 2.56. The highest BCUT2D eigenvalue weighted by molar-refractivity contribution is 7.47. The first-order valence-corrected chi connectivity index (χ1v) is 18.0. The fourth-order valence-corrected chi connectivity index (χ4v) is 5.98. The van der Waals surface area contributed by atoms with Crippen molar-refractivity contribution in [3.8, 4) is 0 Å². The molecule has 0 aromatic heterocycles. The number of phosphoric acid groups is 3. The summed E-state index contributed by atoms with van der Waals surface area (Å²) in [5.74, 6) is -1.39. The van der Waals surface area contributed by atoms with Gasteiger partial charge >= 0.3 is 35.4 Å². The fraction of sp³-hybridized carbons (Fsp3) is 0.818. The van der Waals surface area contributed by atoms with E-state index in [0.29, 0.717) is 19.3 Å². The van der Waals surface area contributed by atoms with Crippen LogP contribution in [0.25, 0.3) is 0 Å². The van der Waals surface area contributed by atoms with Gasteiger partial charge < -0.3 is 49.3 Å². The van der Waals surface area contributed by atoms with Crippen molar-refractivity contribution < 1.29 is 90.6 Å². The third-order valence-electron chi connectivity index (χ3n) is 5.92. The van der Waals surface area contributed by atoms with E-state index in [2.05, 4.69) is 9.05 Å². The van der Waals surface area contributed by atoms with Crippen molar-refractivity contribution >= 4 is 35.4 Å². The number of aliphatic hydroxyl groups is 3. The molecule has 1 rings (SSSR count). The SMILES string of the molecule is C/C=C/CCCC(=O)O[C@H](COC(=O)CCCCC)COP(=O)(O)O[C@@H]1[C@H](O)[C@H](O)[C@@H](OP(=O)(O)O)[C@H](OP(=O)(O)O)[C@H]1O. The number of hydrogen-bond donors (Lipinski definition) is 8. The molecule has 0 spiro atoms. The molecule has 44 heavy (non-hydrogen) atoms. The van der Waals surface area contributed by atoms with Gasteiger partial charge in [-0.1, -0.05) is 31.9 Å². The Hall–Kier alpha value is -1.11. The summed E-state index contributed by atoms with van der Waals surface area (Å²) in [5.41, 5.74) is 0. The first kappa shape index (κ1) is 40.9. The van der Waals surface area contributed by atoms with E-state index in [1.165, 1.54) is 0 Å². The van der Waals surface area contributed by atoms with Crippen LogP contribution in [-0.2, 0) is 50.9 Å². The smallest absolute Gasteiger partial charge is 0.462 e. The van der Waals surface area contributed by atoms with Crippen molar-refractivity contribution in [1.29, 1.82) is 0 Å².